The number of halogens is 1. The number of rotatable bonds is 4. The first-order chi connectivity index (χ1) is 11.6. The fourth-order valence-electron chi connectivity index (χ4n) is 3.98. The van der Waals surface area contributed by atoms with Gasteiger partial charge in [0.2, 0.25) is 0 Å². The Kier molecular flexibility index (Phi) is 4.14. The summed E-state index contributed by atoms with van der Waals surface area (Å²) in [7, 11) is 2.02. The van der Waals surface area contributed by atoms with Crippen molar-refractivity contribution >= 4 is 0 Å². The van der Waals surface area contributed by atoms with Crippen LogP contribution in [0.2, 0.25) is 0 Å². The molecule has 4 nitrogen and oxygen atoms in total. The molecule has 4 rings (SSSR count). The van der Waals surface area contributed by atoms with Gasteiger partial charge in [-0.15, -0.1) is 0 Å². The maximum absolute atomic E-state index is 13.1. The van der Waals surface area contributed by atoms with Crippen LogP contribution in [0.25, 0.3) is 0 Å². The zero-order chi connectivity index (χ0) is 16.7. The number of aliphatic hydroxyl groups excluding tert-OH is 1. The molecule has 128 valence electrons. The number of β-amino-alcohol motifs (C(OH)–C–C–N with tert-alkyl or cyclic N) is 1. The topological polar surface area (TPSA) is 41.3 Å². The summed E-state index contributed by atoms with van der Waals surface area (Å²) in [5.74, 6) is 0.544. The molecule has 1 saturated heterocycles. The molecule has 0 radical (unpaired) electrons. The lowest BCUT2D eigenvalue weighted by Gasteiger charge is -2.36. The number of aliphatic hydroxyl groups is 1. The average Bonchev–Trinajstić information content (AvgIpc) is 3.33. The van der Waals surface area contributed by atoms with Gasteiger partial charge in [0.1, 0.15) is 5.82 Å². The van der Waals surface area contributed by atoms with E-state index in [1.807, 2.05) is 17.9 Å². The van der Waals surface area contributed by atoms with Crippen molar-refractivity contribution in [3.63, 3.8) is 0 Å². The Morgan fingerprint density at radius 2 is 1.96 bits per heavy atom. The molecule has 2 heterocycles. The predicted molar refractivity (Wildman–Crippen MR) is 90.2 cm³/mol. The average molecular weight is 329 g/mol. The number of nitrogens with zero attached hydrogens (tertiary/aromatic N) is 3. The van der Waals surface area contributed by atoms with Crippen LogP contribution >= 0.6 is 0 Å². The third-order valence-electron chi connectivity index (χ3n) is 5.39. The highest BCUT2D eigenvalue weighted by atomic mass is 19.1. The third kappa shape index (κ3) is 3.10. The number of piperidine rings is 1. The number of aryl methyl sites for hydroxylation is 1. The van der Waals surface area contributed by atoms with Gasteiger partial charge in [0.15, 0.2) is 0 Å². The van der Waals surface area contributed by atoms with Crippen LogP contribution in [0.4, 0.5) is 4.39 Å². The molecule has 5 heteroatoms. The monoisotopic (exact) mass is 329 g/mol. The normalized spacial score (nSPS) is 25.1. The van der Waals surface area contributed by atoms with E-state index in [-0.39, 0.29) is 11.7 Å². The molecule has 24 heavy (non-hydrogen) atoms. The van der Waals surface area contributed by atoms with Crippen molar-refractivity contribution in [2.45, 2.75) is 43.7 Å². The van der Waals surface area contributed by atoms with Crippen LogP contribution in [-0.4, -0.2) is 39.0 Å². The van der Waals surface area contributed by atoms with Crippen LogP contribution < -0.4 is 0 Å². The fourth-order valence-corrected chi connectivity index (χ4v) is 3.98. The van der Waals surface area contributed by atoms with Crippen LogP contribution in [-0.2, 0) is 13.6 Å². The summed E-state index contributed by atoms with van der Waals surface area (Å²) in [5.41, 5.74) is 3.70. The summed E-state index contributed by atoms with van der Waals surface area (Å²) in [5, 5.41) is 15.0. The zero-order valence-corrected chi connectivity index (χ0v) is 14.0. The molecule has 2 aromatic rings. The standard InChI is InChI=1S/C19H24FN3O/c1-22-19(14-2-3-14)15(10-21-22)11-23-9-8-17(18(24)12-23)13-4-6-16(20)7-5-13/h4-7,10,14,17-18,24H,2-3,8-9,11-12H2,1H3/t17-,18+/m0/s1. The smallest absolute Gasteiger partial charge is 0.123 e. The number of aromatic nitrogens is 2. The van der Waals surface area contributed by atoms with E-state index in [0.717, 1.165) is 25.1 Å². The van der Waals surface area contributed by atoms with Gasteiger partial charge in [-0.1, -0.05) is 12.1 Å². The second-order valence-corrected chi connectivity index (χ2v) is 7.20. The van der Waals surface area contributed by atoms with E-state index >= 15 is 0 Å². The Labute approximate surface area is 141 Å². The number of likely N-dealkylation sites (tertiary alicyclic amines) is 1. The quantitative estimate of drug-likeness (QED) is 0.938. The van der Waals surface area contributed by atoms with Crippen molar-refractivity contribution in [3.8, 4) is 0 Å². The largest absolute Gasteiger partial charge is 0.391 e. The second kappa shape index (κ2) is 6.30. The molecule has 0 bridgehead atoms. The Hall–Kier alpha value is -1.72. The van der Waals surface area contributed by atoms with Gasteiger partial charge in [0.25, 0.3) is 0 Å². The summed E-state index contributed by atoms with van der Waals surface area (Å²) < 4.78 is 15.1. The lowest BCUT2D eigenvalue weighted by Crippen LogP contribution is -2.42. The summed E-state index contributed by atoms with van der Waals surface area (Å²) in [6, 6.07) is 6.55. The molecular weight excluding hydrogens is 305 g/mol. The van der Waals surface area contributed by atoms with E-state index in [0.29, 0.717) is 12.5 Å². The van der Waals surface area contributed by atoms with E-state index in [4.69, 9.17) is 0 Å². The van der Waals surface area contributed by atoms with Crippen molar-refractivity contribution in [1.82, 2.24) is 14.7 Å². The highest BCUT2D eigenvalue weighted by Crippen LogP contribution is 2.41. The van der Waals surface area contributed by atoms with E-state index in [9.17, 15) is 9.50 Å². The van der Waals surface area contributed by atoms with Gasteiger partial charge in [0, 0.05) is 43.2 Å². The van der Waals surface area contributed by atoms with E-state index < -0.39 is 6.10 Å². The molecular formula is C19H24FN3O. The fraction of sp³-hybridized carbons (Fsp3) is 0.526. The Morgan fingerprint density at radius 1 is 1.21 bits per heavy atom. The minimum absolute atomic E-state index is 0.0960. The predicted octanol–water partition coefficient (Wildman–Crippen LogP) is 2.79. The molecule has 1 aromatic carbocycles. The minimum atomic E-state index is -0.412. The third-order valence-corrected chi connectivity index (χ3v) is 5.39. The number of hydrogen-bond acceptors (Lipinski definition) is 3. The molecule has 1 aliphatic heterocycles. The van der Waals surface area contributed by atoms with Crippen LogP contribution in [0.3, 0.4) is 0 Å². The van der Waals surface area contributed by atoms with Gasteiger partial charge < -0.3 is 5.11 Å². The van der Waals surface area contributed by atoms with Crippen molar-refractivity contribution < 1.29 is 9.50 Å². The Bertz CT molecular complexity index is 708. The van der Waals surface area contributed by atoms with Gasteiger partial charge >= 0.3 is 0 Å². The molecule has 2 aliphatic rings. The highest BCUT2D eigenvalue weighted by molar-refractivity contribution is 5.26. The minimum Gasteiger partial charge on any atom is -0.391 e. The first-order valence-electron chi connectivity index (χ1n) is 8.78. The summed E-state index contributed by atoms with van der Waals surface area (Å²) in [6.45, 7) is 2.45. The first kappa shape index (κ1) is 15.8. The van der Waals surface area contributed by atoms with Crippen molar-refractivity contribution in [3.05, 3.63) is 53.1 Å². The van der Waals surface area contributed by atoms with Gasteiger partial charge in [0.05, 0.1) is 12.3 Å². The maximum atomic E-state index is 13.1. The SMILES string of the molecule is Cn1ncc(CN2CC[C@@H](c3ccc(F)cc3)[C@H](O)C2)c1C1CC1. The molecule has 1 saturated carbocycles. The lowest BCUT2D eigenvalue weighted by molar-refractivity contribution is 0.0475. The molecule has 0 spiro atoms. The van der Waals surface area contributed by atoms with Gasteiger partial charge in [-0.05, 0) is 43.5 Å². The van der Waals surface area contributed by atoms with Gasteiger partial charge in [-0.2, -0.15) is 5.10 Å². The molecule has 1 aromatic heterocycles. The molecule has 0 amide bonds. The van der Waals surface area contributed by atoms with Crippen LogP contribution in [0.15, 0.2) is 30.5 Å². The molecule has 1 aliphatic carbocycles. The number of benzene rings is 1. The summed E-state index contributed by atoms with van der Waals surface area (Å²) in [6.07, 6.45) is 4.99. The van der Waals surface area contributed by atoms with E-state index in [2.05, 4.69) is 10.00 Å². The molecule has 2 fully saturated rings. The van der Waals surface area contributed by atoms with E-state index in [1.165, 1.54) is 36.2 Å². The first-order valence-corrected chi connectivity index (χ1v) is 8.78. The van der Waals surface area contributed by atoms with Crippen molar-refractivity contribution in [1.29, 1.82) is 0 Å². The van der Waals surface area contributed by atoms with E-state index in [1.54, 1.807) is 12.1 Å². The highest BCUT2D eigenvalue weighted by Gasteiger charge is 2.32. The lowest BCUT2D eigenvalue weighted by atomic mass is 9.87. The maximum Gasteiger partial charge on any atom is 0.123 e. The Balaban J connectivity index is 1.42. The summed E-state index contributed by atoms with van der Waals surface area (Å²) >= 11 is 0. The van der Waals surface area contributed by atoms with Crippen LogP contribution in [0.5, 0.6) is 0 Å². The van der Waals surface area contributed by atoms with Crippen LogP contribution in [0, 0.1) is 5.82 Å². The summed E-state index contributed by atoms with van der Waals surface area (Å²) in [4.78, 5) is 2.31. The Morgan fingerprint density at radius 3 is 2.62 bits per heavy atom. The van der Waals surface area contributed by atoms with Crippen molar-refractivity contribution in [2.24, 2.45) is 7.05 Å². The van der Waals surface area contributed by atoms with Crippen molar-refractivity contribution in [2.75, 3.05) is 13.1 Å². The van der Waals surface area contributed by atoms with Crippen LogP contribution in [0.1, 0.15) is 47.9 Å². The van der Waals surface area contributed by atoms with Gasteiger partial charge in [-0.25, -0.2) is 4.39 Å². The molecule has 2 atom stereocenters. The number of hydrogen-bond donors (Lipinski definition) is 1. The molecule has 0 unspecified atom stereocenters. The zero-order valence-electron chi connectivity index (χ0n) is 14.0. The molecule has 1 N–H and O–H groups in total. The van der Waals surface area contributed by atoms with Gasteiger partial charge in [-0.3, -0.25) is 9.58 Å². The second-order valence-electron chi connectivity index (χ2n) is 7.20.